The van der Waals surface area contributed by atoms with Gasteiger partial charge in [-0.05, 0) is 19.4 Å². The second-order valence-corrected chi connectivity index (χ2v) is 6.34. The molecular formula is C15H25NO2S. The van der Waals surface area contributed by atoms with E-state index in [1.807, 2.05) is 32.0 Å². The summed E-state index contributed by atoms with van der Waals surface area (Å²) in [6.07, 6.45) is 0.536. The molecule has 0 spiro atoms. The Hall–Kier alpha value is -0.710. The Kier molecular flexibility index (Phi) is 6.69. The topological polar surface area (TPSA) is 55.5 Å². The summed E-state index contributed by atoms with van der Waals surface area (Å²) in [6.45, 7) is 5.93. The molecule has 4 unspecified atom stereocenters. The lowest BCUT2D eigenvalue weighted by molar-refractivity contribution is 0.196. The van der Waals surface area contributed by atoms with E-state index in [4.69, 9.17) is 10.5 Å². The van der Waals surface area contributed by atoms with E-state index in [9.17, 15) is 5.11 Å². The normalized spacial score (nSPS) is 17.6. The fraction of sp³-hybridized carbons (Fsp3) is 0.600. The third-order valence-corrected chi connectivity index (χ3v) is 5.07. The fourth-order valence-corrected chi connectivity index (χ4v) is 3.29. The third-order valence-electron chi connectivity index (χ3n) is 3.35. The highest BCUT2D eigenvalue weighted by Gasteiger charge is 2.26. The Morgan fingerprint density at radius 3 is 2.47 bits per heavy atom. The van der Waals surface area contributed by atoms with Crippen LogP contribution in [0.3, 0.4) is 0 Å². The molecule has 108 valence electrons. The van der Waals surface area contributed by atoms with Crippen molar-refractivity contribution in [2.45, 2.75) is 49.8 Å². The maximum atomic E-state index is 9.70. The highest BCUT2D eigenvalue weighted by molar-refractivity contribution is 8.00. The average Bonchev–Trinajstić information content (AvgIpc) is 2.43. The van der Waals surface area contributed by atoms with Crippen molar-refractivity contribution in [3.63, 3.8) is 0 Å². The van der Waals surface area contributed by atoms with Gasteiger partial charge in [-0.25, -0.2) is 0 Å². The molecule has 1 rings (SSSR count). The number of para-hydroxylation sites is 1. The lowest BCUT2D eigenvalue weighted by Crippen LogP contribution is -2.29. The number of benzene rings is 1. The van der Waals surface area contributed by atoms with Crippen molar-refractivity contribution in [1.29, 1.82) is 0 Å². The number of ether oxygens (including phenoxy) is 1. The lowest BCUT2D eigenvalue weighted by atomic mass is 10.0. The van der Waals surface area contributed by atoms with Gasteiger partial charge in [0.1, 0.15) is 5.75 Å². The Morgan fingerprint density at radius 2 is 1.95 bits per heavy atom. The summed E-state index contributed by atoms with van der Waals surface area (Å²) in [7, 11) is 1.68. The van der Waals surface area contributed by atoms with Gasteiger partial charge in [0, 0.05) is 22.1 Å². The second kappa shape index (κ2) is 7.78. The highest BCUT2D eigenvalue weighted by Crippen LogP contribution is 2.40. The number of hydrogen-bond donors (Lipinski definition) is 2. The summed E-state index contributed by atoms with van der Waals surface area (Å²) in [6, 6.07) is 8.02. The van der Waals surface area contributed by atoms with Gasteiger partial charge in [-0.15, -0.1) is 11.8 Å². The summed E-state index contributed by atoms with van der Waals surface area (Å²) >= 11 is 1.71. The number of hydrogen-bond acceptors (Lipinski definition) is 4. The van der Waals surface area contributed by atoms with Crippen molar-refractivity contribution in [2.75, 3.05) is 7.11 Å². The number of aliphatic hydroxyl groups excluding tert-OH is 1. The molecule has 0 heterocycles. The maximum Gasteiger partial charge on any atom is 0.123 e. The highest BCUT2D eigenvalue weighted by atomic mass is 32.2. The van der Waals surface area contributed by atoms with Gasteiger partial charge < -0.3 is 15.6 Å². The zero-order chi connectivity index (χ0) is 14.4. The van der Waals surface area contributed by atoms with E-state index in [2.05, 4.69) is 13.0 Å². The summed E-state index contributed by atoms with van der Waals surface area (Å²) < 4.78 is 5.43. The molecule has 0 fully saturated rings. The monoisotopic (exact) mass is 283 g/mol. The van der Waals surface area contributed by atoms with Crippen molar-refractivity contribution in [3.8, 4) is 5.75 Å². The van der Waals surface area contributed by atoms with Crippen LogP contribution in [-0.4, -0.2) is 29.6 Å². The molecule has 1 aromatic rings. The number of rotatable bonds is 7. The first kappa shape index (κ1) is 16.3. The minimum Gasteiger partial charge on any atom is -0.496 e. The van der Waals surface area contributed by atoms with Gasteiger partial charge in [-0.1, -0.05) is 32.0 Å². The molecule has 0 aliphatic carbocycles. The molecule has 0 amide bonds. The van der Waals surface area contributed by atoms with E-state index in [1.165, 1.54) is 0 Å². The van der Waals surface area contributed by atoms with Crippen LogP contribution in [0.15, 0.2) is 24.3 Å². The van der Waals surface area contributed by atoms with Crippen LogP contribution in [-0.2, 0) is 0 Å². The molecular weight excluding hydrogens is 258 g/mol. The first-order valence-corrected chi connectivity index (χ1v) is 7.67. The second-order valence-electron chi connectivity index (χ2n) is 4.82. The zero-order valence-electron chi connectivity index (χ0n) is 12.2. The number of nitrogens with two attached hydrogens (primary N) is 1. The summed E-state index contributed by atoms with van der Waals surface area (Å²) in [5, 5.41) is 9.97. The molecule has 3 nitrogen and oxygen atoms in total. The van der Waals surface area contributed by atoms with Crippen molar-refractivity contribution in [3.05, 3.63) is 29.8 Å². The predicted octanol–water partition coefficient (Wildman–Crippen LogP) is 2.98. The van der Waals surface area contributed by atoms with Gasteiger partial charge in [0.2, 0.25) is 0 Å². The lowest BCUT2D eigenvalue weighted by Gasteiger charge is -2.28. The van der Waals surface area contributed by atoms with Gasteiger partial charge in [0.15, 0.2) is 0 Å². The Labute approximate surface area is 120 Å². The molecule has 0 saturated carbocycles. The fourth-order valence-electron chi connectivity index (χ4n) is 1.87. The summed E-state index contributed by atoms with van der Waals surface area (Å²) in [5.74, 6) is 0.863. The first-order chi connectivity index (χ1) is 9.01. The van der Waals surface area contributed by atoms with Gasteiger partial charge in [-0.3, -0.25) is 0 Å². The van der Waals surface area contributed by atoms with E-state index < -0.39 is 0 Å². The van der Waals surface area contributed by atoms with Crippen LogP contribution in [0.25, 0.3) is 0 Å². The Bertz CT molecular complexity index is 384. The van der Waals surface area contributed by atoms with Crippen LogP contribution < -0.4 is 10.5 Å². The van der Waals surface area contributed by atoms with Crippen molar-refractivity contribution >= 4 is 11.8 Å². The number of aliphatic hydroxyl groups is 1. The molecule has 0 radical (unpaired) electrons. The van der Waals surface area contributed by atoms with Crippen LogP contribution >= 0.6 is 11.8 Å². The van der Waals surface area contributed by atoms with Gasteiger partial charge in [0.25, 0.3) is 0 Å². The first-order valence-electron chi connectivity index (χ1n) is 6.73. The third kappa shape index (κ3) is 4.41. The van der Waals surface area contributed by atoms with E-state index in [0.717, 1.165) is 17.7 Å². The van der Waals surface area contributed by atoms with Crippen molar-refractivity contribution in [1.82, 2.24) is 0 Å². The van der Waals surface area contributed by atoms with Crippen LogP contribution in [0.1, 0.15) is 38.0 Å². The number of thioether (sulfide) groups is 1. The van der Waals surface area contributed by atoms with E-state index >= 15 is 0 Å². The maximum absolute atomic E-state index is 9.70. The predicted molar refractivity (Wildman–Crippen MR) is 82.7 cm³/mol. The average molecular weight is 283 g/mol. The van der Waals surface area contributed by atoms with Crippen molar-refractivity contribution < 1.29 is 9.84 Å². The smallest absolute Gasteiger partial charge is 0.123 e. The van der Waals surface area contributed by atoms with Gasteiger partial charge >= 0.3 is 0 Å². The summed E-state index contributed by atoms with van der Waals surface area (Å²) in [5.41, 5.74) is 7.37. The molecule has 19 heavy (non-hydrogen) atoms. The minimum absolute atomic E-state index is 0.0440. The van der Waals surface area contributed by atoms with Crippen LogP contribution in [0, 0.1) is 0 Å². The molecule has 4 heteroatoms. The molecule has 0 aliphatic rings. The zero-order valence-corrected chi connectivity index (χ0v) is 13.0. The van der Waals surface area contributed by atoms with Crippen LogP contribution in [0.5, 0.6) is 5.75 Å². The van der Waals surface area contributed by atoms with Crippen LogP contribution in [0.4, 0.5) is 0 Å². The SMILES string of the molecule is CCC(N)C(SC(C)C(C)O)c1ccccc1OC. The molecule has 0 aromatic heterocycles. The van der Waals surface area contributed by atoms with Crippen molar-refractivity contribution in [2.24, 2.45) is 5.73 Å². The molecule has 0 bridgehead atoms. The molecule has 0 saturated heterocycles. The quantitative estimate of drug-likeness (QED) is 0.808. The van der Waals surface area contributed by atoms with Crippen LogP contribution in [0.2, 0.25) is 0 Å². The molecule has 3 N–H and O–H groups in total. The van der Waals surface area contributed by atoms with Gasteiger partial charge in [0.05, 0.1) is 13.2 Å². The Balaban J connectivity index is 3.02. The largest absolute Gasteiger partial charge is 0.496 e. The van der Waals surface area contributed by atoms with E-state index in [1.54, 1.807) is 18.9 Å². The molecule has 1 aromatic carbocycles. The standard InChI is InChI=1S/C15H25NO2S/c1-5-13(16)15(19-11(3)10(2)17)12-8-6-7-9-14(12)18-4/h6-11,13,15,17H,5,16H2,1-4H3. The number of methoxy groups -OCH3 is 1. The van der Waals surface area contributed by atoms with Gasteiger partial charge in [-0.2, -0.15) is 0 Å². The van der Waals surface area contributed by atoms with E-state index in [-0.39, 0.29) is 22.6 Å². The van der Waals surface area contributed by atoms with E-state index in [0.29, 0.717) is 0 Å². The molecule has 0 aliphatic heterocycles. The molecule has 4 atom stereocenters. The Morgan fingerprint density at radius 1 is 1.32 bits per heavy atom. The minimum atomic E-state index is -0.355. The summed E-state index contributed by atoms with van der Waals surface area (Å²) in [4.78, 5) is 0.